The van der Waals surface area contributed by atoms with Crippen LogP contribution in [0.2, 0.25) is 0 Å². The van der Waals surface area contributed by atoms with E-state index in [-0.39, 0.29) is 0 Å². The van der Waals surface area contributed by atoms with Crippen LogP contribution in [0.1, 0.15) is 11.1 Å². The highest BCUT2D eigenvalue weighted by Gasteiger charge is 2.04. The van der Waals surface area contributed by atoms with Gasteiger partial charge in [-0.05, 0) is 37.1 Å². The van der Waals surface area contributed by atoms with Crippen LogP contribution in [0.25, 0.3) is 11.3 Å². The molecule has 0 saturated carbocycles. The second-order valence-electron chi connectivity index (χ2n) is 3.36. The van der Waals surface area contributed by atoms with Gasteiger partial charge in [0.1, 0.15) is 0 Å². The van der Waals surface area contributed by atoms with E-state index in [9.17, 15) is 0 Å². The monoisotopic (exact) mass is 184 g/mol. The van der Waals surface area contributed by atoms with Gasteiger partial charge in [-0.15, -0.1) is 0 Å². The minimum Gasteiger partial charge on any atom is -0.264 e. The van der Waals surface area contributed by atoms with E-state index in [4.69, 9.17) is 0 Å². The number of rotatable bonds is 1. The molecule has 0 bridgehead atoms. The lowest BCUT2D eigenvalue weighted by molar-refractivity contribution is 1.22. The first kappa shape index (κ1) is 8.88. The molecular formula is C12H12N2. The highest BCUT2D eigenvalue weighted by Crippen LogP contribution is 2.22. The maximum atomic E-state index is 4.37. The third-order valence-corrected chi connectivity index (χ3v) is 2.30. The molecule has 0 aliphatic carbocycles. The molecule has 14 heavy (non-hydrogen) atoms. The molecule has 2 aromatic heterocycles. The summed E-state index contributed by atoms with van der Waals surface area (Å²) in [6.45, 7) is 4.14. The van der Waals surface area contributed by atoms with Crippen molar-refractivity contribution in [2.45, 2.75) is 13.8 Å². The predicted molar refractivity (Wildman–Crippen MR) is 56.9 cm³/mol. The van der Waals surface area contributed by atoms with Gasteiger partial charge in [-0.1, -0.05) is 6.07 Å². The summed E-state index contributed by atoms with van der Waals surface area (Å²) in [5.41, 5.74) is 4.54. The topological polar surface area (TPSA) is 25.8 Å². The Morgan fingerprint density at radius 1 is 1.00 bits per heavy atom. The molecular weight excluding hydrogens is 172 g/mol. The number of pyridine rings is 2. The van der Waals surface area contributed by atoms with E-state index in [1.807, 2.05) is 24.5 Å². The second-order valence-corrected chi connectivity index (χ2v) is 3.36. The van der Waals surface area contributed by atoms with Gasteiger partial charge in [0.2, 0.25) is 0 Å². The first-order valence-electron chi connectivity index (χ1n) is 4.61. The van der Waals surface area contributed by atoms with Crippen LogP contribution in [0.4, 0.5) is 0 Å². The molecule has 0 unspecified atom stereocenters. The summed E-state index contributed by atoms with van der Waals surface area (Å²) in [5.74, 6) is 0. The summed E-state index contributed by atoms with van der Waals surface area (Å²) in [6, 6.07) is 6.02. The molecule has 0 aromatic carbocycles. The first-order chi connectivity index (χ1) is 6.79. The van der Waals surface area contributed by atoms with Crippen molar-refractivity contribution < 1.29 is 0 Å². The molecule has 2 rings (SSSR count). The number of aromatic nitrogens is 2. The van der Waals surface area contributed by atoms with Crippen molar-refractivity contribution in [3.05, 3.63) is 47.9 Å². The number of aryl methyl sites for hydroxylation is 2. The Morgan fingerprint density at radius 3 is 2.57 bits per heavy atom. The van der Waals surface area contributed by atoms with Crippen LogP contribution in [0.5, 0.6) is 0 Å². The molecule has 0 fully saturated rings. The minimum absolute atomic E-state index is 1.03. The summed E-state index contributed by atoms with van der Waals surface area (Å²) >= 11 is 0. The van der Waals surface area contributed by atoms with Crippen molar-refractivity contribution in [2.75, 3.05) is 0 Å². The predicted octanol–water partition coefficient (Wildman–Crippen LogP) is 2.76. The lowest BCUT2D eigenvalue weighted by Gasteiger charge is -2.06. The molecule has 0 atom stereocenters. The first-order valence-corrected chi connectivity index (χ1v) is 4.61. The van der Waals surface area contributed by atoms with Crippen LogP contribution in [-0.4, -0.2) is 9.97 Å². The van der Waals surface area contributed by atoms with E-state index in [0.29, 0.717) is 0 Å². The Balaban J connectivity index is 2.61. The van der Waals surface area contributed by atoms with E-state index in [2.05, 4.69) is 29.9 Å². The average Bonchev–Trinajstić information content (AvgIpc) is 2.20. The van der Waals surface area contributed by atoms with Gasteiger partial charge >= 0.3 is 0 Å². The van der Waals surface area contributed by atoms with Crippen LogP contribution < -0.4 is 0 Å². The van der Waals surface area contributed by atoms with Gasteiger partial charge in [-0.3, -0.25) is 9.97 Å². The lowest BCUT2D eigenvalue weighted by Crippen LogP contribution is -1.90. The fraction of sp³-hybridized carbons (Fsp3) is 0.167. The van der Waals surface area contributed by atoms with Crippen molar-refractivity contribution >= 4 is 0 Å². The summed E-state index contributed by atoms with van der Waals surface area (Å²) in [4.78, 5) is 8.49. The molecule has 2 heteroatoms. The Bertz CT molecular complexity index is 406. The van der Waals surface area contributed by atoms with Gasteiger partial charge in [-0.2, -0.15) is 0 Å². The molecule has 0 aliphatic rings. The summed E-state index contributed by atoms with van der Waals surface area (Å²) in [5, 5.41) is 0. The second kappa shape index (κ2) is 3.58. The van der Waals surface area contributed by atoms with Crippen LogP contribution >= 0.6 is 0 Å². The fourth-order valence-corrected chi connectivity index (χ4v) is 1.48. The molecule has 0 aliphatic heterocycles. The van der Waals surface area contributed by atoms with Crippen molar-refractivity contribution in [2.24, 2.45) is 0 Å². The average molecular weight is 184 g/mol. The largest absolute Gasteiger partial charge is 0.264 e. The van der Waals surface area contributed by atoms with Crippen molar-refractivity contribution in [1.82, 2.24) is 9.97 Å². The Morgan fingerprint density at radius 2 is 1.86 bits per heavy atom. The number of hydrogen-bond donors (Lipinski definition) is 0. The Labute approximate surface area is 83.7 Å². The molecule has 2 heterocycles. The minimum atomic E-state index is 1.03. The molecule has 0 spiro atoms. The number of nitrogens with zero attached hydrogens (tertiary/aromatic N) is 2. The molecule has 0 amide bonds. The van der Waals surface area contributed by atoms with Crippen molar-refractivity contribution in [3.63, 3.8) is 0 Å². The fourth-order valence-electron chi connectivity index (χ4n) is 1.48. The molecule has 70 valence electrons. The van der Waals surface area contributed by atoms with Gasteiger partial charge in [0.15, 0.2) is 0 Å². The van der Waals surface area contributed by atoms with E-state index in [1.165, 1.54) is 11.1 Å². The highest BCUT2D eigenvalue weighted by molar-refractivity contribution is 5.65. The molecule has 0 N–H and O–H groups in total. The summed E-state index contributed by atoms with van der Waals surface area (Å²) in [7, 11) is 0. The zero-order valence-corrected chi connectivity index (χ0v) is 8.36. The van der Waals surface area contributed by atoms with Gasteiger partial charge in [0.05, 0.1) is 5.69 Å². The van der Waals surface area contributed by atoms with Gasteiger partial charge < -0.3 is 0 Å². The molecule has 2 aromatic rings. The Kier molecular flexibility index (Phi) is 2.27. The van der Waals surface area contributed by atoms with Crippen LogP contribution in [0, 0.1) is 13.8 Å². The third kappa shape index (κ3) is 1.51. The highest BCUT2D eigenvalue weighted by atomic mass is 14.7. The standard InChI is InChI=1S/C12H12N2/c1-9-5-7-13-8-11(9)12-10(2)4-3-6-14-12/h3-8H,1-2H3. The van der Waals surface area contributed by atoms with E-state index < -0.39 is 0 Å². The quantitative estimate of drug-likeness (QED) is 0.681. The lowest BCUT2D eigenvalue weighted by atomic mass is 10.0. The van der Waals surface area contributed by atoms with Crippen molar-refractivity contribution in [1.29, 1.82) is 0 Å². The zero-order valence-electron chi connectivity index (χ0n) is 8.36. The SMILES string of the molecule is Cc1ccncc1-c1ncccc1C. The van der Waals surface area contributed by atoms with E-state index in [0.717, 1.165) is 11.3 Å². The van der Waals surface area contributed by atoms with Crippen LogP contribution in [-0.2, 0) is 0 Å². The summed E-state index contributed by atoms with van der Waals surface area (Å²) in [6.07, 6.45) is 5.48. The molecule has 0 radical (unpaired) electrons. The maximum Gasteiger partial charge on any atom is 0.0749 e. The van der Waals surface area contributed by atoms with Crippen molar-refractivity contribution in [3.8, 4) is 11.3 Å². The molecule has 0 saturated heterocycles. The van der Waals surface area contributed by atoms with Gasteiger partial charge in [0.25, 0.3) is 0 Å². The Hall–Kier alpha value is -1.70. The van der Waals surface area contributed by atoms with E-state index >= 15 is 0 Å². The smallest absolute Gasteiger partial charge is 0.0749 e. The zero-order chi connectivity index (χ0) is 9.97. The third-order valence-electron chi connectivity index (χ3n) is 2.30. The molecule has 2 nitrogen and oxygen atoms in total. The normalized spacial score (nSPS) is 10.1. The van der Waals surface area contributed by atoms with Gasteiger partial charge in [0, 0.05) is 24.2 Å². The number of hydrogen-bond acceptors (Lipinski definition) is 2. The van der Waals surface area contributed by atoms with Crippen LogP contribution in [0.15, 0.2) is 36.8 Å². The maximum absolute atomic E-state index is 4.37. The summed E-state index contributed by atoms with van der Waals surface area (Å²) < 4.78 is 0. The van der Waals surface area contributed by atoms with Crippen LogP contribution in [0.3, 0.4) is 0 Å². The van der Waals surface area contributed by atoms with Gasteiger partial charge in [-0.25, -0.2) is 0 Å². The van der Waals surface area contributed by atoms with E-state index in [1.54, 1.807) is 6.20 Å².